The minimum Gasteiger partial charge on any atom is -0.490 e. The van der Waals surface area contributed by atoms with Crippen molar-refractivity contribution in [2.75, 3.05) is 19.8 Å². The molecule has 3 nitrogen and oxygen atoms in total. The first-order valence-electron chi connectivity index (χ1n) is 7.14. The normalized spacial score (nSPS) is 15.5. The maximum Gasteiger partial charge on any atom is 0.162 e. The summed E-state index contributed by atoms with van der Waals surface area (Å²) < 4.78 is 12.6. The Morgan fingerprint density at radius 1 is 1.29 bits per heavy atom. The van der Waals surface area contributed by atoms with Gasteiger partial charge in [0.1, 0.15) is 0 Å². The third-order valence-electron chi connectivity index (χ3n) is 3.46. The fourth-order valence-electron chi connectivity index (χ4n) is 2.47. The van der Waals surface area contributed by atoms with Gasteiger partial charge in [-0.1, -0.05) is 22.9 Å². The Labute approximate surface area is 137 Å². The van der Waals surface area contributed by atoms with Gasteiger partial charge in [-0.3, -0.25) is 0 Å². The van der Waals surface area contributed by atoms with Crippen molar-refractivity contribution in [2.45, 2.75) is 19.4 Å². The third-order valence-corrected chi connectivity index (χ3v) is 4.85. The van der Waals surface area contributed by atoms with Crippen LogP contribution in [0.3, 0.4) is 0 Å². The zero-order valence-electron chi connectivity index (χ0n) is 11.9. The van der Waals surface area contributed by atoms with E-state index in [0.717, 1.165) is 28.9 Å². The highest BCUT2D eigenvalue weighted by Crippen LogP contribution is 2.39. The summed E-state index contributed by atoms with van der Waals surface area (Å²) in [5.74, 6) is 1.66. The van der Waals surface area contributed by atoms with Crippen molar-refractivity contribution >= 4 is 27.3 Å². The minimum atomic E-state index is 0.160. The largest absolute Gasteiger partial charge is 0.490 e. The molecule has 0 spiro atoms. The first-order chi connectivity index (χ1) is 10.3. The van der Waals surface area contributed by atoms with Crippen LogP contribution in [0.25, 0.3) is 0 Å². The molecule has 1 aliphatic heterocycles. The van der Waals surface area contributed by atoms with Gasteiger partial charge < -0.3 is 14.8 Å². The number of ether oxygens (including phenoxy) is 2. The van der Waals surface area contributed by atoms with E-state index in [-0.39, 0.29) is 6.04 Å². The highest BCUT2D eigenvalue weighted by molar-refractivity contribution is 9.10. The topological polar surface area (TPSA) is 30.5 Å². The zero-order chi connectivity index (χ0) is 14.7. The smallest absolute Gasteiger partial charge is 0.162 e. The molecular weight excluding hydrogens is 350 g/mol. The predicted octanol–water partition coefficient (Wildman–Crippen LogP) is 4.37. The summed E-state index contributed by atoms with van der Waals surface area (Å²) in [5, 5.41) is 7.84. The van der Waals surface area contributed by atoms with Gasteiger partial charge >= 0.3 is 0 Å². The van der Waals surface area contributed by atoms with Crippen molar-refractivity contribution in [3.8, 4) is 11.5 Å². The highest BCUT2D eigenvalue weighted by Gasteiger charge is 2.21. The molecule has 5 heteroatoms. The van der Waals surface area contributed by atoms with Crippen molar-refractivity contribution in [1.82, 2.24) is 5.32 Å². The summed E-state index contributed by atoms with van der Waals surface area (Å²) in [6.07, 6.45) is 0.919. The van der Waals surface area contributed by atoms with E-state index < -0.39 is 0 Å². The average molecular weight is 368 g/mol. The summed E-state index contributed by atoms with van der Waals surface area (Å²) in [5.41, 5.74) is 2.46. The van der Waals surface area contributed by atoms with Crippen molar-refractivity contribution in [2.24, 2.45) is 0 Å². The van der Waals surface area contributed by atoms with E-state index in [1.807, 2.05) is 6.07 Å². The van der Waals surface area contributed by atoms with Gasteiger partial charge in [-0.15, -0.1) is 0 Å². The molecule has 1 aromatic heterocycles. The second-order valence-corrected chi connectivity index (χ2v) is 6.55. The fourth-order valence-corrected chi connectivity index (χ4v) is 3.71. The van der Waals surface area contributed by atoms with Gasteiger partial charge in [-0.2, -0.15) is 11.3 Å². The van der Waals surface area contributed by atoms with Crippen LogP contribution in [0.4, 0.5) is 0 Å². The lowest BCUT2D eigenvalue weighted by molar-refractivity contribution is 0.297. The molecule has 0 saturated heterocycles. The van der Waals surface area contributed by atoms with Crippen LogP contribution < -0.4 is 14.8 Å². The molecule has 0 bridgehead atoms. The molecule has 1 N–H and O–H groups in total. The number of benzene rings is 1. The van der Waals surface area contributed by atoms with Gasteiger partial charge in [0.05, 0.1) is 19.3 Å². The minimum absolute atomic E-state index is 0.160. The first kappa shape index (κ1) is 14.9. The molecule has 1 aliphatic rings. The standard InChI is InChI=1S/C16H18BrNO2S/c1-2-18-16(11-4-7-21-10-11)12-8-14-15(9-13(12)17)20-6-3-5-19-14/h4,7-10,16,18H,2-3,5-6H2,1H3. The number of nitrogens with one attached hydrogen (secondary N) is 1. The van der Waals surface area contributed by atoms with Crippen molar-refractivity contribution in [1.29, 1.82) is 0 Å². The van der Waals surface area contributed by atoms with E-state index in [2.05, 4.69) is 51.1 Å². The lowest BCUT2D eigenvalue weighted by atomic mass is 10.0. The van der Waals surface area contributed by atoms with E-state index in [4.69, 9.17) is 9.47 Å². The van der Waals surface area contributed by atoms with E-state index >= 15 is 0 Å². The Morgan fingerprint density at radius 3 is 2.71 bits per heavy atom. The summed E-state index contributed by atoms with van der Waals surface area (Å²) >= 11 is 5.40. The maximum atomic E-state index is 5.82. The Bertz CT molecular complexity index is 601. The highest BCUT2D eigenvalue weighted by atomic mass is 79.9. The van der Waals surface area contributed by atoms with Gasteiger partial charge in [0, 0.05) is 10.9 Å². The van der Waals surface area contributed by atoms with Crippen LogP contribution in [0.15, 0.2) is 33.4 Å². The van der Waals surface area contributed by atoms with E-state index in [0.29, 0.717) is 13.2 Å². The zero-order valence-corrected chi connectivity index (χ0v) is 14.3. The van der Waals surface area contributed by atoms with E-state index in [1.165, 1.54) is 11.1 Å². The van der Waals surface area contributed by atoms with Crippen molar-refractivity contribution in [3.05, 3.63) is 44.6 Å². The molecule has 0 saturated carbocycles. The number of hydrogen-bond acceptors (Lipinski definition) is 4. The van der Waals surface area contributed by atoms with Gasteiger partial charge in [-0.05, 0) is 46.6 Å². The molecule has 21 heavy (non-hydrogen) atoms. The fraction of sp³-hybridized carbons (Fsp3) is 0.375. The second-order valence-electron chi connectivity index (χ2n) is 4.92. The molecule has 112 valence electrons. The van der Waals surface area contributed by atoms with E-state index in [9.17, 15) is 0 Å². The molecule has 2 heterocycles. The molecule has 3 rings (SSSR count). The molecule has 0 amide bonds. The SMILES string of the molecule is CCNC(c1ccsc1)c1cc2c(cc1Br)OCCCO2. The van der Waals surface area contributed by atoms with Gasteiger partial charge in [0.15, 0.2) is 11.5 Å². The van der Waals surface area contributed by atoms with Gasteiger partial charge in [-0.25, -0.2) is 0 Å². The van der Waals surface area contributed by atoms with Crippen LogP contribution in [0.1, 0.15) is 30.5 Å². The number of hydrogen-bond donors (Lipinski definition) is 1. The number of halogens is 1. The summed E-state index contributed by atoms with van der Waals surface area (Å²) in [7, 11) is 0. The second kappa shape index (κ2) is 6.81. The Balaban J connectivity index is 2.01. The molecule has 0 radical (unpaired) electrons. The average Bonchev–Trinajstić information content (AvgIpc) is 2.91. The lowest BCUT2D eigenvalue weighted by Gasteiger charge is -2.20. The monoisotopic (exact) mass is 367 g/mol. The quantitative estimate of drug-likeness (QED) is 0.869. The first-order valence-corrected chi connectivity index (χ1v) is 8.87. The van der Waals surface area contributed by atoms with E-state index in [1.54, 1.807) is 11.3 Å². The predicted molar refractivity (Wildman–Crippen MR) is 89.6 cm³/mol. The Hall–Kier alpha value is -1.04. The number of rotatable bonds is 4. The Morgan fingerprint density at radius 2 is 2.05 bits per heavy atom. The van der Waals surface area contributed by atoms with Crippen LogP contribution in [-0.2, 0) is 0 Å². The van der Waals surface area contributed by atoms with Gasteiger partial charge in [0.25, 0.3) is 0 Å². The summed E-state index contributed by atoms with van der Waals surface area (Å²) in [6.45, 7) is 4.44. The van der Waals surface area contributed by atoms with Crippen LogP contribution in [0, 0.1) is 0 Å². The van der Waals surface area contributed by atoms with Crippen LogP contribution >= 0.6 is 27.3 Å². The Kier molecular flexibility index (Phi) is 4.83. The number of thiophene rings is 1. The van der Waals surface area contributed by atoms with Crippen LogP contribution in [0.5, 0.6) is 11.5 Å². The summed E-state index contributed by atoms with van der Waals surface area (Å²) in [6, 6.07) is 6.43. The maximum absolute atomic E-state index is 5.82. The van der Waals surface area contributed by atoms with Gasteiger partial charge in [0.2, 0.25) is 0 Å². The molecule has 0 aliphatic carbocycles. The molecule has 0 fully saturated rings. The van der Waals surface area contributed by atoms with Crippen LogP contribution in [0.2, 0.25) is 0 Å². The molecule has 1 unspecified atom stereocenters. The van der Waals surface area contributed by atoms with Crippen molar-refractivity contribution < 1.29 is 9.47 Å². The lowest BCUT2D eigenvalue weighted by Crippen LogP contribution is -2.22. The molecule has 1 aromatic carbocycles. The molecule has 1 atom stereocenters. The summed E-state index contributed by atoms with van der Waals surface area (Å²) in [4.78, 5) is 0. The third kappa shape index (κ3) is 3.25. The van der Waals surface area contributed by atoms with Crippen molar-refractivity contribution in [3.63, 3.8) is 0 Å². The molecular formula is C16H18BrNO2S. The van der Waals surface area contributed by atoms with Crippen LogP contribution in [-0.4, -0.2) is 19.8 Å². The molecule has 2 aromatic rings. The number of fused-ring (bicyclic) bond motifs is 1.